The number of hydrogen-bond acceptors (Lipinski definition) is 2. The minimum atomic E-state index is -0.163. The lowest BCUT2D eigenvalue weighted by Gasteiger charge is -2.44. The van der Waals surface area contributed by atoms with Gasteiger partial charge in [-0.3, -0.25) is 0 Å². The first-order valence-electron chi connectivity index (χ1n) is 6.21. The molecule has 0 unspecified atom stereocenters. The molecule has 0 amide bonds. The lowest BCUT2D eigenvalue weighted by Crippen LogP contribution is -2.41. The first-order valence-corrected chi connectivity index (χ1v) is 7.03. The van der Waals surface area contributed by atoms with Crippen molar-refractivity contribution < 1.29 is 0 Å². The van der Waals surface area contributed by atoms with E-state index in [4.69, 9.17) is 0 Å². The molecule has 0 radical (unpaired) electrons. The molecular formula is C15H19NS. The number of nitrogens with zero attached hydrogens (tertiary/aromatic N) is 1. The molecule has 1 fully saturated rings. The molecular weight excluding hydrogens is 226 g/mol. The first kappa shape index (κ1) is 12.5. The van der Waals surface area contributed by atoms with E-state index in [2.05, 4.69) is 51.1 Å². The quantitative estimate of drug-likeness (QED) is 0.787. The van der Waals surface area contributed by atoms with E-state index in [-0.39, 0.29) is 4.75 Å². The Labute approximate surface area is 108 Å². The van der Waals surface area contributed by atoms with Crippen LogP contribution in [-0.4, -0.2) is 4.75 Å². The third-order valence-electron chi connectivity index (χ3n) is 3.66. The van der Waals surface area contributed by atoms with Crippen LogP contribution in [0.25, 0.3) is 0 Å². The normalized spacial score (nSPS) is 27.6. The molecule has 0 bridgehead atoms. The molecule has 1 aliphatic rings. The van der Waals surface area contributed by atoms with Gasteiger partial charge in [-0.05, 0) is 43.7 Å². The lowest BCUT2D eigenvalue weighted by atomic mass is 9.69. The van der Waals surface area contributed by atoms with Crippen LogP contribution >= 0.6 is 11.8 Å². The van der Waals surface area contributed by atoms with E-state index >= 15 is 0 Å². The van der Waals surface area contributed by atoms with Gasteiger partial charge in [0.15, 0.2) is 0 Å². The molecule has 17 heavy (non-hydrogen) atoms. The van der Waals surface area contributed by atoms with Crippen LogP contribution in [0.4, 0.5) is 0 Å². The monoisotopic (exact) mass is 245 g/mol. The third-order valence-corrected chi connectivity index (χ3v) is 4.99. The molecule has 0 saturated heterocycles. The van der Waals surface area contributed by atoms with Crippen LogP contribution < -0.4 is 0 Å². The number of benzene rings is 1. The van der Waals surface area contributed by atoms with Gasteiger partial charge in [0.25, 0.3) is 0 Å². The SMILES string of the molecule is Cc1ccc(SC2(C#N)CC(C(C)C)C2)cc1. The van der Waals surface area contributed by atoms with Crippen LogP contribution in [0.3, 0.4) is 0 Å². The second-order valence-corrected chi connectivity index (χ2v) is 6.89. The molecule has 1 aromatic rings. The number of rotatable bonds is 3. The highest BCUT2D eigenvalue weighted by Gasteiger charge is 2.46. The van der Waals surface area contributed by atoms with Crippen molar-refractivity contribution in [1.82, 2.24) is 0 Å². The van der Waals surface area contributed by atoms with Crippen molar-refractivity contribution in [2.45, 2.75) is 43.3 Å². The highest BCUT2D eigenvalue weighted by atomic mass is 32.2. The summed E-state index contributed by atoms with van der Waals surface area (Å²) in [6.45, 7) is 6.59. The van der Waals surface area contributed by atoms with Gasteiger partial charge in [0, 0.05) is 4.90 Å². The van der Waals surface area contributed by atoms with Gasteiger partial charge in [0.1, 0.15) is 4.75 Å². The predicted octanol–water partition coefficient (Wildman–Crippen LogP) is 4.42. The summed E-state index contributed by atoms with van der Waals surface area (Å²) in [6, 6.07) is 11.0. The summed E-state index contributed by atoms with van der Waals surface area (Å²) in [4.78, 5) is 1.22. The van der Waals surface area contributed by atoms with Gasteiger partial charge in [-0.25, -0.2) is 0 Å². The fourth-order valence-corrected chi connectivity index (χ4v) is 3.65. The summed E-state index contributed by atoms with van der Waals surface area (Å²) >= 11 is 1.75. The Hall–Kier alpha value is -0.940. The maximum atomic E-state index is 9.38. The smallest absolute Gasteiger partial charge is 0.108 e. The van der Waals surface area contributed by atoms with Crippen LogP contribution in [0.1, 0.15) is 32.3 Å². The average molecular weight is 245 g/mol. The van der Waals surface area contributed by atoms with Crippen molar-refractivity contribution in [2.75, 3.05) is 0 Å². The maximum Gasteiger partial charge on any atom is 0.108 e. The Morgan fingerprint density at radius 2 is 1.88 bits per heavy atom. The molecule has 0 spiro atoms. The van der Waals surface area contributed by atoms with Crippen LogP contribution in [0.15, 0.2) is 29.2 Å². The first-order chi connectivity index (χ1) is 8.04. The molecule has 0 atom stereocenters. The van der Waals surface area contributed by atoms with Crippen molar-refractivity contribution >= 4 is 11.8 Å². The van der Waals surface area contributed by atoms with Crippen LogP contribution in [0, 0.1) is 30.1 Å². The Kier molecular flexibility index (Phi) is 3.49. The van der Waals surface area contributed by atoms with E-state index in [0.717, 1.165) is 18.8 Å². The molecule has 0 aromatic heterocycles. The molecule has 1 aromatic carbocycles. The molecule has 0 aliphatic heterocycles. The number of thioether (sulfide) groups is 1. The summed E-state index contributed by atoms with van der Waals surface area (Å²) in [5.41, 5.74) is 1.27. The van der Waals surface area contributed by atoms with E-state index < -0.39 is 0 Å². The summed E-state index contributed by atoms with van der Waals surface area (Å²) < 4.78 is -0.163. The highest BCUT2D eigenvalue weighted by molar-refractivity contribution is 8.01. The van der Waals surface area contributed by atoms with E-state index in [9.17, 15) is 5.26 Å². The summed E-state index contributed by atoms with van der Waals surface area (Å²) in [7, 11) is 0. The number of hydrogen-bond donors (Lipinski definition) is 0. The van der Waals surface area contributed by atoms with Crippen LogP contribution in [0.2, 0.25) is 0 Å². The maximum absolute atomic E-state index is 9.38. The zero-order chi connectivity index (χ0) is 12.5. The third kappa shape index (κ3) is 2.66. The number of aryl methyl sites for hydroxylation is 1. The molecule has 0 N–H and O–H groups in total. The van der Waals surface area contributed by atoms with Crippen LogP contribution in [0.5, 0.6) is 0 Å². The van der Waals surface area contributed by atoms with Gasteiger partial charge in [-0.1, -0.05) is 31.5 Å². The minimum absolute atomic E-state index is 0.163. The Balaban J connectivity index is 2.03. The molecule has 1 nitrogen and oxygen atoms in total. The second-order valence-electron chi connectivity index (χ2n) is 5.43. The largest absolute Gasteiger partial charge is 0.197 e. The fourth-order valence-electron chi connectivity index (χ4n) is 2.29. The van der Waals surface area contributed by atoms with E-state index in [1.54, 1.807) is 11.8 Å². The van der Waals surface area contributed by atoms with Crippen molar-refractivity contribution in [3.8, 4) is 6.07 Å². The molecule has 90 valence electrons. The van der Waals surface area contributed by atoms with Crippen molar-refractivity contribution in [3.63, 3.8) is 0 Å². The molecule has 2 rings (SSSR count). The van der Waals surface area contributed by atoms with Gasteiger partial charge in [-0.15, -0.1) is 11.8 Å². The second kappa shape index (κ2) is 4.74. The molecule has 2 heteroatoms. The van der Waals surface area contributed by atoms with Gasteiger partial charge < -0.3 is 0 Å². The summed E-state index contributed by atoms with van der Waals surface area (Å²) in [6.07, 6.45) is 2.08. The van der Waals surface area contributed by atoms with Crippen molar-refractivity contribution in [1.29, 1.82) is 5.26 Å². The fraction of sp³-hybridized carbons (Fsp3) is 0.533. The van der Waals surface area contributed by atoms with E-state index in [1.165, 1.54) is 10.5 Å². The zero-order valence-electron chi connectivity index (χ0n) is 10.7. The number of nitriles is 1. The Bertz CT molecular complexity index is 421. The topological polar surface area (TPSA) is 23.8 Å². The lowest BCUT2D eigenvalue weighted by molar-refractivity contribution is 0.207. The highest BCUT2D eigenvalue weighted by Crippen LogP contribution is 2.52. The Morgan fingerprint density at radius 3 is 2.35 bits per heavy atom. The van der Waals surface area contributed by atoms with E-state index in [0.29, 0.717) is 5.92 Å². The average Bonchev–Trinajstić information content (AvgIpc) is 2.25. The standard InChI is InChI=1S/C15H19NS/c1-11(2)13-8-15(9-13,10-16)17-14-6-4-12(3)5-7-14/h4-7,11,13H,8-9H2,1-3H3. The summed E-state index contributed by atoms with van der Waals surface area (Å²) in [5.74, 6) is 1.43. The van der Waals surface area contributed by atoms with Crippen LogP contribution in [-0.2, 0) is 0 Å². The predicted molar refractivity (Wildman–Crippen MR) is 72.9 cm³/mol. The van der Waals surface area contributed by atoms with Gasteiger partial charge in [-0.2, -0.15) is 5.26 Å². The zero-order valence-corrected chi connectivity index (χ0v) is 11.6. The summed E-state index contributed by atoms with van der Waals surface area (Å²) in [5, 5.41) is 9.38. The van der Waals surface area contributed by atoms with Crippen molar-refractivity contribution in [3.05, 3.63) is 29.8 Å². The van der Waals surface area contributed by atoms with Gasteiger partial charge >= 0.3 is 0 Å². The van der Waals surface area contributed by atoms with Crippen molar-refractivity contribution in [2.24, 2.45) is 11.8 Å². The van der Waals surface area contributed by atoms with Gasteiger partial charge in [0.2, 0.25) is 0 Å². The molecule has 1 aliphatic carbocycles. The van der Waals surface area contributed by atoms with Gasteiger partial charge in [0.05, 0.1) is 6.07 Å². The molecule has 1 saturated carbocycles. The van der Waals surface area contributed by atoms with E-state index in [1.807, 2.05) is 0 Å². The Morgan fingerprint density at radius 1 is 1.29 bits per heavy atom. The minimum Gasteiger partial charge on any atom is -0.197 e. The molecule has 0 heterocycles.